The Morgan fingerprint density at radius 3 is 2.03 bits per heavy atom. The quantitative estimate of drug-likeness (QED) is 0.193. The number of hydrogen-bond acceptors (Lipinski definition) is 2. The monoisotopic (exact) mass is 488 g/mol. The summed E-state index contributed by atoms with van der Waals surface area (Å²) in [5.74, 6) is -0.204. The molecule has 0 aliphatic carbocycles. The number of aromatic carboxylic acids is 1. The Labute approximate surface area is 212 Å². The third-order valence-corrected chi connectivity index (χ3v) is 8.22. The molecule has 3 rings (SSSR count). The van der Waals surface area contributed by atoms with Crippen LogP contribution in [0.5, 0.6) is 5.75 Å². The summed E-state index contributed by atoms with van der Waals surface area (Å²) in [5.41, 5.74) is 5.54. The lowest BCUT2D eigenvalue weighted by molar-refractivity contribution is 0.0697. The Hall–Kier alpha value is -2.85. The van der Waals surface area contributed by atoms with Crippen molar-refractivity contribution in [1.82, 2.24) is 0 Å². The van der Waals surface area contributed by atoms with Gasteiger partial charge in [0.2, 0.25) is 0 Å². The Balaban J connectivity index is 1.71. The highest BCUT2D eigenvalue weighted by Gasteiger charge is 2.14. The number of ether oxygens (including phenoxy) is 1. The van der Waals surface area contributed by atoms with Gasteiger partial charge in [0, 0.05) is 8.07 Å². The van der Waals surface area contributed by atoms with Gasteiger partial charge in [-0.25, -0.2) is 4.79 Å². The highest BCUT2D eigenvalue weighted by atomic mass is 28.3. The van der Waals surface area contributed by atoms with Gasteiger partial charge < -0.3 is 9.84 Å². The van der Waals surface area contributed by atoms with Crippen molar-refractivity contribution in [2.75, 3.05) is 6.61 Å². The minimum Gasteiger partial charge on any atom is -0.494 e. The van der Waals surface area contributed by atoms with Crippen molar-refractivity contribution in [2.24, 2.45) is 0 Å². The predicted molar refractivity (Wildman–Crippen MR) is 150 cm³/mol. The number of aryl methyl sites for hydroxylation is 1. The number of rotatable bonds is 13. The number of benzene rings is 3. The molecule has 0 heterocycles. The van der Waals surface area contributed by atoms with Crippen LogP contribution in [0.2, 0.25) is 25.7 Å². The van der Waals surface area contributed by atoms with Gasteiger partial charge in [-0.15, -0.1) is 0 Å². The molecule has 3 aromatic carbocycles. The molecule has 0 bridgehead atoms. The fourth-order valence-electron chi connectivity index (χ4n) is 4.27. The fraction of sp³-hybridized carbons (Fsp3) is 0.387. The molecule has 35 heavy (non-hydrogen) atoms. The molecule has 0 spiro atoms. The van der Waals surface area contributed by atoms with Crippen molar-refractivity contribution in [1.29, 1.82) is 0 Å². The van der Waals surface area contributed by atoms with E-state index < -0.39 is 14.0 Å². The van der Waals surface area contributed by atoms with Crippen LogP contribution in [0.1, 0.15) is 54.9 Å². The molecule has 0 saturated heterocycles. The van der Waals surface area contributed by atoms with Crippen LogP contribution in [0.25, 0.3) is 22.3 Å². The molecule has 4 heteroatoms. The zero-order valence-electron chi connectivity index (χ0n) is 21.8. The summed E-state index contributed by atoms with van der Waals surface area (Å²) in [6.45, 7) is 10.1. The second-order valence-corrected chi connectivity index (χ2v) is 16.2. The van der Waals surface area contributed by atoms with Gasteiger partial charge in [-0.05, 0) is 65.3 Å². The van der Waals surface area contributed by atoms with E-state index in [4.69, 9.17) is 4.74 Å². The van der Waals surface area contributed by atoms with Gasteiger partial charge in [0.25, 0.3) is 0 Å². The van der Waals surface area contributed by atoms with E-state index in [2.05, 4.69) is 63.0 Å². The van der Waals surface area contributed by atoms with E-state index in [1.165, 1.54) is 42.9 Å². The summed E-state index contributed by atoms with van der Waals surface area (Å²) in [5, 5.41) is 9.74. The molecule has 0 radical (unpaired) electrons. The van der Waals surface area contributed by atoms with E-state index in [9.17, 15) is 9.90 Å². The molecule has 0 aromatic heterocycles. The fourth-order valence-corrected chi connectivity index (χ4v) is 5.58. The van der Waals surface area contributed by atoms with E-state index in [-0.39, 0.29) is 0 Å². The second-order valence-electron chi connectivity index (χ2n) is 10.6. The van der Waals surface area contributed by atoms with Gasteiger partial charge in [0.1, 0.15) is 5.75 Å². The number of carbonyl (C=O) groups is 1. The standard InChI is InChI=1S/C31H40O3Si/c1-5-6-7-10-24-11-13-25(14-12-24)26-15-17-27(18-16-26)30-23-28(19-20-29(30)31(32)33)34-21-8-9-22-35(2,3)4/h11-20,23H,5-10,21-22H2,1-4H3,(H,32,33). The van der Waals surface area contributed by atoms with Gasteiger partial charge in [0.15, 0.2) is 0 Å². The van der Waals surface area contributed by atoms with Crippen LogP contribution in [0, 0.1) is 0 Å². The first-order chi connectivity index (χ1) is 16.8. The van der Waals surface area contributed by atoms with Crippen molar-refractivity contribution < 1.29 is 14.6 Å². The Morgan fingerprint density at radius 2 is 1.43 bits per heavy atom. The number of unbranched alkanes of at least 4 members (excludes halogenated alkanes) is 3. The third kappa shape index (κ3) is 8.39. The van der Waals surface area contributed by atoms with Gasteiger partial charge in [-0.3, -0.25) is 0 Å². The first-order valence-electron chi connectivity index (χ1n) is 13.0. The molecule has 0 fully saturated rings. The summed E-state index contributed by atoms with van der Waals surface area (Å²) < 4.78 is 5.98. The largest absolute Gasteiger partial charge is 0.494 e. The van der Waals surface area contributed by atoms with E-state index in [1.54, 1.807) is 12.1 Å². The third-order valence-electron chi connectivity index (χ3n) is 6.36. The normalized spacial score (nSPS) is 11.4. The topological polar surface area (TPSA) is 46.5 Å². The molecule has 0 saturated carbocycles. The van der Waals surface area contributed by atoms with E-state index in [0.29, 0.717) is 17.7 Å². The lowest BCUT2D eigenvalue weighted by atomic mass is 9.96. The molecule has 1 N–H and O–H groups in total. The number of carboxylic acid groups (broad SMARTS) is 1. The molecule has 0 aliphatic heterocycles. The zero-order valence-corrected chi connectivity index (χ0v) is 22.8. The summed E-state index contributed by atoms with van der Waals surface area (Å²) in [7, 11) is -1.02. The zero-order chi connectivity index (χ0) is 25.3. The summed E-state index contributed by atoms with van der Waals surface area (Å²) >= 11 is 0. The van der Waals surface area contributed by atoms with Gasteiger partial charge in [0.05, 0.1) is 12.2 Å². The van der Waals surface area contributed by atoms with Crippen LogP contribution in [0.15, 0.2) is 66.7 Å². The van der Waals surface area contributed by atoms with Gasteiger partial charge in [-0.1, -0.05) is 100 Å². The first-order valence-corrected chi connectivity index (χ1v) is 16.7. The number of hydrogen-bond donors (Lipinski definition) is 1. The minimum absolute atomic E-state index is 0.292. The highest BCUT2D eigenvalue weighted by Crippen LogP contribution is 2.31. The SMILES string of the molecule is CCCCCc1ccc(-c2ccc(-c3cc(OCCCC[Si](C)(C)C)ccc3C(=O)O)cc2)cc1. The van der Waals surface area contributed by atoms with Gasteiger partial charge >= 0.3 is 5.97 Å². The van der Waals surface area contributed by atoms with Crippen LogP contribution in [0.3, 0.4) is 0 Å². The van der Waals surface area contributed by atoms with Crippen molar-refractivity contribution >= 4 is 14.0 Å². The van der Waals surface area contributed by atoms with Crippen molar-refractivity contribution in [3.8, 4) is 28.0 Å². The van der Waals surface area contributed by atoms with Crippen LogP contribution in [-0.2, 0) is 6.42 Å². The van der Waals surface area contributed by atoms with Crippen LogP contribution < -0.4 is 4.74 Å². The Kier molecular flexibility index (Phi) is 9.73. The van der Waals surface area contributed by atoms with Crippen LogP contribution >= 0.6 is 0 Å². The van der Waals surface area contributed by atoms with Crippen molar-refractivity contribution in [2.45, 2.75) is 71.1 Å². The maximum Gasteiger partial charge on any atom is 0.336 e. The average Bonchev–Trinajstić information content (AvgIpc) is 2.84. The molecule has 0 atom stereocenters. The van der Waals surface area contributed by atoms with Gasteiger partial charge in [-0.2, -0.15) is 0 Å². The molecule has 0 aliphatic rings. The highest BCUT2D eigenvalue weighted by molar-refractivity contribution is 6.76. The van der Waals surface area contributed by atoms with E-state index in [1.807, 2.05) is 18.2 Å². The minimum atomic E-state index is -1.02. The lowest BCUT2D eigenvalue weighted by Gasteiger charge is -2.15. The van der Waals surface area contributed by atoms with Crippen LogP contribution in [-0.4, -0.2) is 25.8 Å². The molecular formula is C31H40O3Si. The lowest BCUT2D eigenvalue weighted by Crippen LogP contribution is -2.18. The molecular weight excluding hydrogens is 448 g/mol. The van der Waals surface area contributed by atoms with E-state index >= 15 is 0 Å². The summed E-state index contributed by atoms with van der Waals surface area (Å²) in [4.78, 5) is 11.9. The molecule has 0 amide bonds. The maximum atomic E-state index is 11.9. The van der Waals surface area contributed by atoms with Crippen molar-refractivity contribution in [3.63, 3.8) is 0 Å². The molecule has 0 unspecified atom stereocenters. The molecule has 186 valence electrons. The first kappa shape index (κ1) is 26.7. The summed E-state index contributed by atoms with van der Waals surface area (Å²) in [6, 6.07) is 23.5. The van der Waals surface area contributed by atoms with E-state index in [0.717, 1.165) is 29.7 Å². The van der Waals surface area contributed by atoms with Crippen LogP contribution in [0.4, 0.5) is 0 Å². The maximum absolute atomic E-state index is 11.9. The molecule has 3 aromatic rings. The predicted octanol–water partition coefficient (Wildman–Crippen LogP) is 8.95. The second kappa shape index (κ2) is 12.7. The summed E-state index contributed by atoms with van der Waals surface area (Å²) in [6.07, 6.45) is 7.07. The Morgan fingerprint density at radius 1 is 0.800 bits per heavy atom. The number of carboxylic acids is 1. The smallest absolute Gasteiger partial charge is 0.336 e. The van der Waals surface area contributed by atoms with Crippen molar-refractivity contribution in [3.05, 3.63) is 77.9 Å². The Bertz CT molecular complexity index is 1080. The molecule has 3 nitrogen and oxygen atoms in total. The average molecular weight is 489 g/mol.